The third kappa shape index (κ3) is 5.03. The van der Waals surface area contributed by atoms with Crippen molar-refractivity contribution in [1.29, 1.82) is 0 Å². The molecule has 1 aliphatic rings. The molecule has 0 aliphatic carbocycles. The molecule has 1 aromatic heterocycles. The summed E-state index contributed by atoms with van der Waals surface area (Å²) in [4.78, 5) is 6.95. The highest BCUT2D eigenvalue weighted by Gasteiger charge is 2.38. The number of anilines is 1. The van der Waals surface area contributed by atoms with Crippen molar-refractivity contribution in [2.45, 2.75) is 26.8 Å². The van der Waals surface area contributed by atoms with E-state index in [9.17, 15) is 0 Å². The summed E-state index contributed by atoms with van der Waals surface area (Å²) >= 11 is 0. The molecule has 0 amide bonds. The average molecular weight is 339 g/mol. The summed E-state index contributed by atoms with van der Waals surface area (Å²) in [5.41, 5.74) is 3.71. The summed E-state index contributed by atoms with van der Waals surface area (Å²) in [5, 5.41) is 3.61. The van der Waals surface area contributed by atoms with Crippen LogP contribution in [0.15, 0.2) is 48.7 Å². The van der Waals surface area contributed by atoms with Gasteiger partial charge in [0.15, 0.2) is 0 Å². The molecule has 1 N–H and O–H groups in total. The summed E-state index contributed by atoms with van der Waals surface area (Å²) in [5.74, 6) is 0. The predicted molar refractivity (Wildman–Crippen MR) is 103 cm³/mol. The number of ether oxygens (including phenoxy) is 1. The molecule has 4 nitrogen and oxygen atoms in total. The fourth-order valence-electron chi connectivity index (χ4n) is 3.49. The van der Waals surface area contributed by atoms with E-state index in [4.69, 9.17) is 4.74 Å². The van der Waals surface area contributed by atoms with Crippen LogP contribution < -0.4 is 5.32 Å². The smallest absolute Gasteiger partial charge is 0.0551 e. The van der Waals surface area contributed by atoms with E-state index in [1.54, 1.807) is 0 Å². The van der Waals surface area contributed by atoms with Gasteiger partial charge in [0, 0.05) is 49.2 Å². The normalized spacial score (nSPS) is 20.7. The Hall–Kier alpha value is -1.91. The number of nitrogens with one attached hydrogen (secondary N) is 1. The van der Waals surface area contributed by atoms with Crippen LogP contribution in [0.4, 0.5) is 5.69 Å². The lowest BCUT2D eigenvalue weighted by atomic mass is 9.88. The van der Waals surface area contributed by atoms with E-state index in [0.29, 0.717) is 0 Å². The summed E-state index contributed by atoms with van der Waals surface area (Å²) in [7, 11) is 0. The Bertz CT molecular complexity index is 644. The summed E-state index contributed by atoms with van der Waals surface area (Å²) in [6.07, 6.45) is 3.16. The van der Waals surface area contributed by atoms with E-state index in [1.165, 1.54) is 11.3 Å². The highest BCUT2D eigenvalue weighted by atomic mass is 16.5. The van der Waals surface area contributed by atoms with E-state index in [-0.39, 0.29) is 5.41 Å². The molecule has 1 aromatic carbocycles. The van der Waals surface area contributed by atoms with E-state index >= 15 is 0 Å². The van der Waals surface area contributed by atoms with Crippen molar-refractivity contribution in [3.63, 3.8) is 0 Å². The maximum atomic E-state index is 5.84. The predicted octanol–water partition coefficient (Wildman–Crippen LogP) is 3.73. The highest BCUT2D eigenvalue weighted by Crippen LogP contribution is 2.32. The van der Waals surface area contributed by atoms with Crippen LogP contribution in [0.3, 0.4) is 0 Å². The Morgan fingerprint density at radius 3 is 2.76 bits per heavy atom. The molecule has 0 bridgehead atoms. The standard InChI is InChI=1S/C21H29N3O/c1-3-25-17-21(15-23-20-7-5-4-6-8-20)11-12-24(16-21)14-19-10-9-18(2)22-13-19/h4-10,13,23H,3,11-12,14-17H2,1-2H3/t21-/m1/s1. The first kappa shape index (κ1) is 17.9. The van der Waals surface area contributed by atoms with Gasteiger partial charge in [-0.25, -0.2) is 0 Å². The zero-order chi connectivity index (χ0) is 17.5. The molecule has 2 heterocycles. The number of likely N-dealkylation sites (tertiary alicyclic amines) is 1. The minimum Gasteiger partial charge on any atom is -0.384 e. The maximum absolute atomic E-state index is 5.84. The Balaban J connectivity index is 1.61. The largest absolute Gasteiger partial charge is 0.384 e. The third-order valence-corrected chi connectivity index (χ3v) is 4.95. The van der Waals surface area contributed by atoms with Gasteiger partial charge in [0.05, 0.1) is 6.61 Å². The monoisotopic (exact) mass is 339 g/mol. The fourth-order valence-corrected chi connectivity index (χ4v) is 3.49. The molecule has 3 rings (SSSR count). The summed E-state index contributed by atoms with van der Waals surface area (Å²) in [6.45, 7) is 9.76. The molecular formula is C21H29N3O. The van der Waals surface area contributed by atoms with Crippen LogP contribution in [-0.2, 0) is 11.3 Å². The van der Waals surface area contributed by atoms with Gasteiger partial charge < -0.3 is 10.1 Å². The second kappa shape index (κ2) is 8.45. The number of benzene rings is 1. The Morgan fingerprint density at radius 1 is 1.20 bits per heavy atom. The van der Waals surface area contributed by atoms with Crippen molar-refractivity contribution in [3.05, 3.63) is 59.9 Å². The molecular weight excluding hydrogens is 310 g/mol. The number of pyridine rings is 1. The number of nitrogens with zero attached hydrogens (tertiary/aromatic N) is 2. The lowest BCUT2D eigenvalue weighted by molar-refractivity contribution is 0.0612. The van der Waals surface area contributed by atoms with Gasteiger partial charge in [-0.05, 0) is 50.6 Å². The molecule has 25 heavy (non-hydrogen) atoms. The Labute approximate surface area is 151 Å². The van der Waals surface area contributed by atoms with Crippen molar-refractivity contribution in [3.8, 4) is 0 Å². The minimum atomic E-state index is 0.171. The van der Waals surface area contributed by atoms with E-state index in [2.05, 4.69) is 58.5 Å². The lowest BCUT2D eigenvalue weighted by Crippen LogP contribution is -2.37. The van der Waals surface area contributed by atoms with E-state index in [1.807, 2.05) is 19.2 Å². The van der Waals surface area contributed by atoms with E-state index in [0.717, 1.165) is 51.5 Å². The van der Waals surface area contributed by atoms with Gasteiger partial charge >= 0.3 is 0 Å². The number of para-hydroxylation sites is 1. The van der Waals surface area contributed by atoms with Crippen LogP contribution in [0.25, 0.3) is 0 Å². The zero-order valence-electron chi connectivity index (χ0n) is 15.4. The molecule has 1 fully saturated rings. The van der Waals surface area contributed by atoms with Gasteiger partial charge in [0.25, 0.3) is 0 Å². The Morgan fingerprint density at radius 2 is 2.04 bits per heavy atom. The number of aromatic nitrogens is 1. The number of rotatable bonds is 8. The van der Waals surface area contributed by atoms with E-state index < -0.39 is 0 Å². The summed E-state index contributed by atoms with van der Waals surface area (Å²) < 4.78 is 5.84. The van der Waals surface area contributed by atoms with Crippen LogP contribution in [-0.4, -0.2) is 42.7 Å². The maximum Gasteiger partial charge on any atom is 0.0551 e. The van der Waals surface area contributed by atoms with Crippen molar-refractivity contribution in [1.82, 2.24) is 9.88 Å². The van der Waals surface area contributed by atoms with Crippen molar-refractivity contribution in [2.24, 2.45) is 5.41 Å². The minimum absolute atomic E-state index is 0.171. The van der Waals surface area contributed by atoms with Gasteiger partial charge in [-0.3, -0.25) is 9.88 Å². The van der Waals surface area contributed by atoms with Gasteiger partial charge in [-0.2, -0.15) is 0 Å². The molecule has 0 radical (unpaired) electrons. The van der Waals surface area contributed by atoms with Gasteiger partial charge in [0.1, 0.15) is 0 Å². The molecule has 4 heteroatoms. The molecule has 1 aliphatic heterocycles. The van der Waals surface area contributed by atoms with Crippen molar-refractivity contribution < 1.29 is 4.74 Å². The summed E-state index contributed by atoms with van der Waals surface area (Å²) in [6, 6.07) is 14.7. The second-order valence-corrected chi connectivity index (χ2v) is 7.13. The van der Waals surface area contributed by atoms with Crippen LogP contribution >= 0.6 is 0 Å². The topological polar surface area (TPSA) is 37.4 Å². The third-order valence-electron chi connectivity index (χ3n) is 4.95. The molecule has 1 saturated heterocycles. The molecule has 134 valence electrons. The number of hydrogen-bond donors (Lipinski definition) is 1. The van der Waals surface area contributed by atoms with Crippen LogP contribution in [0, 0.1) is 12.3 Å². The molecule has 0 saturated carbocycles. The average Bonchev–Trinajstić information content (AvgIpc) is 3.04. The van der Waals surface area contributed by atoms with Crippen LogP contribution in [0.1, 0.15) is 24.6 Å². The second-order valence-electron chi connectivity index (χ2n) is 7.13. The number of hydrogen-bond acceptors (Lipinski definition) is 4. The lowest BCUT2D eigenvalue weighted by Gasteiger charge is -2.30. The number of aryl methyl sites for hydroxylation is 1. The SMILES string of the molecule is CCOC[C@@]1(CNc2ccccc2)CCN(Cc2ccc(C)nc2)C1. The fraction of sp³-hybridized carbons (Fsp3) is 0.476. The van der Waals surface area contributed by atoms with Crippen molar-refractivity contribution >= 4 is 5.69 Å². The molecule has 0 spiro atoms. The molecule has 1 atom stereocenters. The quantitative estimate of drug-likeness (QED) is 0.795. The van der Waals surface area contributed by atoms with Crippen molar-refractivity contribution in [2.75, 3.05) is 38.2 Å². The first-order valence-corrected chi connectivity index (χ1v) is 9.20. The first-order valence-electron chi connectivity index (χ1n) is 9.20. The van der Waals surface area contributed by atoms with Gasteiger partial charge in [-0.1, -0.05) is 24.3 Å². The van der Waals surface area contributed by atoms with Gasteiger partial charge in [0.2, 0.25) is 0 Å². The van der Waals surface area contributed by atoms with Crippen LogP contribution in [0.5, 0.6) is 0 Å². The zero-order valence-corrected chi connectivity index (χ0v) is 15.4. The molecule has 2 aromatic rings. The molecule has 0 unspecified atom stereocenters. The Kier molecular flexibility index (Phi) is 6.05. The first-order chi connectivity index (χ1) is 12.2. The van der Waals surface area contributed by atoms with Crippen LogP contribution in [0.2, 0.25) is 0 Å². The van der Waals surface area contributed by atoms with Gasteiger partial charge in [-0.15, -0.1) is 0 Å². The highest BCUT2D eigenvalue weighted by molar-refractivity contribution is 5.42.